The van der Waals surface area contributed by atoms with Crippen LogP contribution in [0.3, 0.4) is 0 Å². The number of benzene rings is 3. The Morgan fingerprint density at radius 1 is 0.938 bits per heavy atom. The Kier molecular flexibility index (Phi) is 5.23. The Morgan fingerprint density at radius 3 is 2.47 bits per heavy atom. The number of hydrogen-bond acceptors (Lipinski definition) is 4. The number of fused-ring (bicyclic) bond motifs is 1. The van der Waals surface area contributed by atoms with Gasteiger partial charge in [-0.1, -0.05) is 48.5 Å². The third-order valence-corrected chi connectivity index (χ3v) is 6.11. The molecule has 0 spiro atoms. The lowest BCUT2D eigenvalue weighted by Crippen LogP contribution is -2.38. The summed E-state index contributed by atoms with van der Waals surface area (Å²) in [6.45, 7) is 0. The standard InChI is InChI=1S/C27H24N2O3/c1-32-24-17-8-5-12-19(24)26-25-21(14-9-16-23(25)30)28-20-13-6-7-15-22(20)29(26)27(31)18-10-3-2-4-11-18/h2-8,10-13,15,17,26,28H,9,14,16H2,1H3. The van der Waals surface area contributed by atoms with Crippen LogP contribution in [-0.4, -0.2) is 18.8 Å². The number of Topliss-reactive ketones (excluding diaryl/α,β-unsaturated/α-hetero) is 1. The summed E-state index contributed by atoms with van der Waals surface area (Å²) in [5.74, 6) is 0.546. The summed E-state index contributed by atoms with van der Waals surface area (Å²) in [6, 6.07) is 24.0. The van der Waals surface area contributed by atoms with Crippen LogP contribution in [0.25, 0.3) is 0 Å². The van der Waals surface area contributed by atoms with E-state index in [2.05, 4.69) is 5.32 Å². The van der Waals surface area contributed by atoms with E-state index in [0.29, 0.717) is 23.3 Å². The molecule has 1 atom stereocenters. The summed E-state index contributed by atoms with van der Waals surface area (Å²) in [7, 11) is 1.61. The largest absolute Gasteiger partial charge is 0.496 e. The molecule has 2 aliphatic rings. The third-order valence-electron chi connectivity index (χ3n) is 6.11. The first-order chi connectivity index (χ1) is 15.7. The van der Waals surface area contributed by atoms with Crippen LogP contribution in [-0.2, 0) is 4.79 Å². The summed E-state index contributed by atoms with van der Waals surface area (Å²) in [5, 5.41) is 3.49. The maximum atomic E-state index is 14.0. The van der Waals surface area contributed by atoms with Gasteiger partial charge in [-0.3, -0.25) is 14.5 Å². The van der Waals surface area contributed by atoms with E-state index in [1.807, 2.05) is 66.7 Å². The van der Waals surface area contributed by atoms with Crippen LogP contribution in [0.4, 0.5) is 11.4 Å². The zero-order valence-electron chi connectivity index (χ0n) is 17.9. The second-order valence-electron chi connectivity index (χ2n) is 8.00. The molecule has 1 aliphatic heterocycles. The van der Waals surface area contributed by atoms with Gasteiger partial charge in [-0.15, -0.1) is 0 Å². The molecule has 1 unspecified atom stereocenters. The molecule has 0 saturated heterocycles. The lowest BCUT2D eigenvalue weighted by Gasteiger charge is -2.34. The van der Waals surface area contributed by atoms with Crippen molar-refractivity contribution in [1.82, 2.24) is 0 Å². The Bertz CT molecular complexity index is 1220. The number of nitrogens with zero attached hydrogens (tertiary/aromatic N) is 1. The van der Waals surface area contributed by atoms with E-state index >= 15 is 0 Å². The summed E-state index contributed by atoms with van der Waals surface area (Å²) in [6.07, 6.45) is 2.02. The van der Waals surface area contributed by atoms with Gasteiger partial charge in [-0.2, -0.15) is 0 Å². The molecule has 1 aliphatic carbocycles. The van der Waals surface area contributed by atoms with Gasteiger partial charge in [0.2, 0.25) is 0 Å². The van der Waals surface area contributed by atoms with Crippen LogP contribution in [0, 0.1) is 0 Å². The van der Waals surface area contributed by atoms with Crippen LogP contribution in [0.15, 0.2) is 90.1 Å². The predicted octanol–water partition coefficient (Wildman–Crippen LogP) is 5.52. The topological polar surface area (TPSA) is 58.6 Å². The fraction of sp³-hybridized carbons (Fsp3) is 0.185. The summed E-state index contributed by atoms with van der Waals surface area (Å²) >= 11 is 0. The molecular formula is C27H24N2O3. The summed E-state index contributed by atoms with van der Waals surface area (Å²) < 4.78 is 5.68. The van der Waals surface area contributed by atoms with E-state index in [4.69, 9.17) is 4.74 Å². The van der Waals surface area contributed by atoms with Gasteiger partial charge in [0.25, 0.3) is 5.91 Å². The van der Waals surface area contributed by atoms with Crippen molar-refractivity contribution < 1.29 is 14.3 Å². The molecule has 32 heavy (non-hydrogen) atoms. The van der Waals surface area contributed by atoms with Crippen molar-refractivity contribution in [2.45, 2.75) is 25.3 Å². The van der Waals surface area contributed by atoms with Gasteiger partial charge in [0.1, 0.15) is 5.75 Å². The molecular weight excluding hydrogens is 400 g/mol. The predicted molar refractivity (Wildman–Crippen MR) is 125 cm³/mol. The van der Waals surface area contributed by atoms with Crippen molar-refractivity contribution in [3.63, 3.8) is 0 Å². The number of allylic oxidation sites excluding steroid dienone is 1. The quantitative estimate of drug-likeness (QED) is 0.602. The van der Waals surface area contributed by atoms with Crippen molar-refractivity contribution in [2.24, 2.45) is 0 Å². The maximum Gasteiger partial charge on any atom is 0.259 e. The Hall–Kier alpha value is -3.86. The number of nitrogens with one attached hydrogen (secondary N) is 1. The summed E-state index contributed by atoms with van der Waals surface area (Å²) in [5.41, 5.74) is 4.43. The minimum absolute atomic E-state index is 0.0633. The van der Waals surface area contributed by atoms with Crippen molar-refractivity contribution in [1.29, 1.82) is 0 Å². The molecule has 0 saturated carbocycles. The second-order valence-corrected chi connectivity index (χ2v) is 8.00. The summed E-state index contributed by atoms with van der Waals surface area (Å²) in [4.78, 5) is 29.1. The van der Waals surface area contributed by atoms with Crippen LogP contribution in [0.5, 0.6) is 5.75 Å². The number of hydrogen-bond donors (Lipinski definition) is 1. The van der Waals surface area contributed by atoms with Gasteiger partial charge in [-0.05, 0) is 43.2 Å². The van der Waals surface area contributed by atoms with Crippen LogP contribution < -0.4 is 15.0 Å². The van der Waals surface area contributed by atoms with Gasteiger partial charge in [0, 0.05) is 28.8 Å². The van der Waals surface area contributed by atoms with Gasteiger partial charge < -0.3 is 10.1 Å². The number of anilines is 2. The number of carbonyl (C=O) groups is 2. The van der Waals surface area contributed by atoms with E-state index in [9.17, 15) is 9.59 Å². The zero-order valence-corrected chi connectivity index (χ0v) is 17.9. The zero-order chi connectivity index (χ0) is 22.1. The third kappa shape index (κ3) is 3.36. The van der Waals surface area contributed by atoms with E-state index in [1.165, 1.54) is 0 Å². The monoisotopic (exact) mass is 424 g/mol. The SMILES string of the molecule is COc1ccccc1C1C2=C(CCCC2=O)Nc2ccccc2N1C(=O)c1ccccc1. The van der Waals surface area contributed by atoms with Gasteiger partial charge in [0.15, 0.2) is 5.78 Å². The van der Waals surface area contributed by atoms with E-state index in [-0.39, 0.29) is 11.7 Å². The average molecular weight is 425 g/mol. The fourth-order valence-corrected chi connectivity index (χ4v) is 4.66. The van der Waals surface area contributed by atoms with Crippen molar-refractivity contribution in [3.05, 3.63) is 101 Å². The molecule has 0 bridgehead atoms. The Balaban J connectivity index is 1.81. The number of rotatable bonds is 3. The molecule has 3 aromatic carbocycles. The molecule has 1 amide bonds. The average Bonchev–Trinajstić information content (AvgIpc) is 2.99. The minimum atomic E-state index is -0.599. The normalized spacial score (nSPS) is 17.7. The fourth-order valence-electron chi connectivity index (χ4n) is 4.66. The molecule has 0 radical (unpaired) electrons. The highest BCUT2D eigenvalue weighted by molar-refractivity contribution is 6.12. The van der Waals surface area contributed by atoms with Gasteiger partial charge in [0.05, 0.1) is 24.5 Å². The molecule has 1 heterocycles. The number of ketones is 1. The lowest BCUT2D eigenvalue weighted by molar-refractivity contribution is -0.116. The van der Waals surface area contributed by atoms with E-state index < -0.39 is 6.04 Å². The maximum absolute atomic E-state index is 14.0. The van der Waals surface area contributed by atoms with Gasteiger partial charge >= 0.3 is 0 Å². The van der Waals surface area contributed by atoms with Crippen LogP contribution in [0.2, 0.25) is 0 Å². The smallest absolute Gasteiger partial charge is 0.259 e. The first-order valence-corrected chi connectivity index (χ1v) is 10.8. The molecule has 160 valence electrons. The molecule has 5 nitrogen and oxygen atoms in total. The van der Waals surface area contributed by atoms with Crippen molar-refractivity contribution in [3.8, 4) is 5.75 Å². The van der Waals surface area contributed by atoms with Gasteiger partial charge in [-0.25, -0.2) is 0 Å². The highest BCUT2D eigenvalue weighted by Crippen LogP contribution is 2.47. The second kappa shape index (κ2) is 8.35. The molecule has 5 heteroatoms. The number of ether oxygens (including phenoxy) is 1. The van der Waals surface area contributed by atoms with Crippen molar-refractivity contribution in [2.75, 3.05) is 17.3 Å². The molecule has 0 aromatic heterocycles. The lowest BCUT2D eigenvalue weighted by atomic mass is 9.85. The molecule has 5 rings (SSSR count). The molecule has 0 fully saturated rings. The highest BCUT2D eigenvalue weighted by atomic mass is 16.5. The minimum Gasteiger partial charge on any atom is -0.496 e. The first-order valence-electron chi connectivity index (χ1n) is 10.8. The Morgan fingerprint density at radius 2 is 1.66 bits per heavy atom. The number of para-hydroxylation sites is 3. The van der Waals surface area contributed by atoms with E-state index in [1.54, 1.807) is 24.1 Å². The number of methoxy groups -OCH3 is 1. The number of amides is 1. The first kappa shape index (κ1) is 20.1. The molecule has 1 N–H and O–H groups in total. The van der Waals surface area contributed by atoms with Crippen LogP contribution in [0.1, 0.15) is 41.2 Å². The van der Waals surface area contributed by atoms with E-state index in [0.717, 1.165) is 35.5 Å². The van der Waals surface area contributed by atoms with Crippen molar-refractivity contribution >= 4 is 23.1 Å². The highest BCUT2D eigenvalue weighted by Gasteiger charge is 2.40. The van der Waals surface area contributed by atoms with Crippen LogP contribution >= 0.6 is 0 Å². The molecule has 3 aromatic rings. The number of carbonyl (C=O) groups excluding carboxylic acids is 2. The Labute approximate surface area is 187 Å².